The number of aromatic nitrogens is 3. The Labute approximate surface area is 167 Å². The number of hydrogen-bond donors (Lipinski definition) is 1. The second-order valence-corrected chi connectivity index (χ2v) is 6.74. The molecule has 1 amide bonds. The molecule has 0 aliphatic carbocycles. The van der Waals surface area contributed by atoms with Gasteiger partial charge in [-0.1, -0.05) is 36.0 Å². The standard InChI is InChI=1S/C20H21FN4O2S/c1-3-25-19(14-9-5-6-10-15(14)21)23-24-20(25)28-13-18(26)22-16-11-7-8-12-17(16)27-4-2/h5-12H,3-4,13H2,1-2H3,(H,22,26). The molecule has 3 rings (SSSR count). The third kappa shape index (κ3) is 4.51. The summed E-state index contributed by atoms with van der Waals surface area (Å²) in [5, 5.41) is 11.7. The third-order valence-electron chi connectivity index (χ3n) is 3.94. The Balaban J connectivity index is 1.70. The summed E-state index contributed by atoms with van der Waals surface area (Å²) in [4.78, 5) is 12.4. The molecule has 0 aliphatic rings. The van der Waals surface area contributed by atoms with E-state index >= 15 is 0 Å². The maximum atomic E-state index is 14.1. The van der Waals surface area contributed by atoms with E-state index in [0.29, 0.717) is 41.1 Å². The quantitative estimate of drug-likeness (QED) is 0.573. The van der Waals surface area contributed by atoms with Gasteiger partial charge < -0.3 is 14.6 Å². The Morgan fingerprint density at radius 3 is 2.64 bits per heavy atom. The van der Waals surface area contributed by atoms with Gasteiger partial charge in [-0.05, 0) is 38.1 Å². The second kappa shape index (κ2) is 9.36. The average Bonchev–Trinajstić information content (AvgIpc) is 3.11. The summed E-state index contributed by atoms with van der Waals surface area (Å²) in [7, 11) is 0. The first-order valence-electron chi connectivity index (χ1n) is 8.96. The Morgan fingerprint density at radius 2 is 1.89 bits per heavy atom. The fourth-order valence-electron chi connectivity index (χ4n) is 2.69. The van der Waals surface area contributed by atoms with Gasteiger partial charge in [0.1, 0.15) is 11.6 Å². The van der Waals surface area contributed by atoms with Crippen LogP contribution < -0.4 is 10.1 Å². The zero-order valence-electron chi connectivity index (χ0n) is 15.7. The van der Waals surface area contributed by atoms with Crippen LogP contribution in [-0.4, -0.2) is 33.0 Å². The van der Waals surface area contributed by atoms with Crippen LogP contribution in [0.3, 0.4) is 0 Å². The Kier molecular flexibility index (Phi) is 6.65. The van der Waals surface area contributed by atoms with Gasteiger partial charge in [-0.25, -0.2) is 4.39 Å². The molecule has 0 spiro atoms. The number of ether oxygens (including phenoxy) is 1. The molecule has 1 heterocycles. The molecule has 6 nitrogen and oxygen atoms in total. The van der Waals surface area contributed by atoms with E-state index in [4.69, 9.17) is 4.74 Å². The molecule has 0 unspecified atom stereocenters. The monoisotopic (exact) mass is 400 g/mol. The Hall–Kier alpha value is -2.87. The molecule has 8 heteroatoms. The molecular weight excluding hydrogens is 379 g/mol. The highest BCUT2D eigenvalue weighted by Gasteiger charge is 2.17. The molecule has 0 saturated heterocycles. The molecular formula is C20H21FN4O2S. The molecule has 0 radical (unpaired) electrons. The molecule has 146 valence electrons. The highest BCUT2D eigenvalue weighted by Crippen LogP contribution is 2.27. The number of benzene rings is 2. The number of thioether (sulfide) groups is 1. The van der Waals surface area contributed by atoms with E-state index in [1.54, 1.807) is 34.9 Å². The third-order valence-corrected chi connectivity index (χ3v) is 4.91. The molecule has 0 aliphatic heterocycles. The predicted molar refractivity (Wildman–Crippen MR) is 108 cm³/mol. The van der Waals surface area contributed by atoms with Crippen LogP contribution in [0.5, 0.6) is 5.75 Å². The summed E-state index contributed by atoms with van der Waals surface area (Å²) < 4.78 is 21.4. The van der Waals surface area contributed by atoms with E-state index in [0.717, 1.165) is 0 Å². The average molecular weight is 400 g/mol. The second-order valence-electron chi connectivity index (χ2n) is 5.80. The van der Waals surface area contributed by atoms with Crippen LogP contribution in [0.25, 0.3) is 11.4 Å². The number of carbonyl (C=O) groups excluding carboxylic acids is 1. The van der Waals surface area contributed by atoms with Crippen molar-refractivity contribution in [3.8, 4) is 17.1 Å². The largest absolute Gasteiger partial charge is 0.492 e. The van der Waals surface area contributed by atoms with E-state index in [9.17, 15) is 9.18 Å². The highest BCUT2D eigenvalue weighted by molar-refractivity contribution is 7.99. The van der Waals surface area contributed by atoms with Crippen molar-refractivity contribution >= 4 is 23.4 Å². The highest BCUT2D eigenvalue weighted by atomic mass is 32.2. The van der Waals surface area contributed by atoms with Crippen molar-refractivity contribution in [3.63, 3.8) is 0 Å². The predicted octanol–water partition coefficient (Wildman–Crippen LogP) is 4.23. The van der Waals surface area contributed by atoms with Gasteiger partial charge in [0, 0.05) is 6.54 Å². The summed E-state index contributed by atoms with van der Waals surface area (Å²) in [5.41, 5.74) is 1.01. The van der Waals surface area contributed by atoms with Crippen LogP contribution in [-0.2, 0) is 11.3 Å². The fourth-order valence-corrected chi connectivity index (χ4v) is 3.49. The molecule has 28 heavy (non-hydrogen) atoms. The lowest BCUT2D eigenvalue weighted by Gasteiger charge is -2.11. The summed E-state index contributed by atoms with van der Waals surface area (Å²) in [6.45, 7) is 4.89. The van der Waals surface area contributed by atoms with Crippen molar-refractivity contribution in [3.05, 3.63) is 54.3 Å². The van der Waals surface area contributed by atoms with Gasteiger partial charge >= 0.3 is 0 Å². The molecule has 0 bridgehead atoms. The summed E-state index contributed by atoms with van der Waals surface area (Å²) in [6.07, 6.45) is 0. The first kappa shape index (κ1) is 19.9. The van der Waals surface area contributed by atoms with Gasteiger partial charge in [0.15, 0.2) is 11.0 Å². The van der Waals surface area contributed by atoms with E-state index in [1.807, 2.05) is 26.0 Å². The number of amides is 1. The normalized spacial score (nSPS) is 10.7. The number of hydrogen-bond acceptors (Lipinski definition) is 5. The van der Waals surface area contributed by atoms with Crippen LogP contribution in [0, 0.1) is 5.82 Å². The zero-order valence-corrected chi connectivity index (χ0v) is 16.5. The first-order chi connectivity index (χ1) is 13.6. The van der Waals surface area contributed by atoms with Crippen molar-refractivity contribution in [1.29, 1.82) is 0 Å². The van der Waals surface area contributed by atoms with Crippen LogP contribution in [0.4, 0.5) is 10.1 Å². The minimum atomic E-state index is -0.355. The van der Waals surface area contributed by atoms with E-state index in [2.05, 4.69) is 15.5 Å². The number of nitrogens with zero attached hydrogens (tertiary/aromatic N) is 3. The van der Waals surface area contributed by atoms with Crippen LogP contribution in [0.15, 0.2) is 53.7 Å². The number of para-hydroxylation sites is 2. The summed E-state index contributed by atoms with van der Waals surface area (Å²) >= 11 is 1.25. The number of nitrogens with one attached hydrogen (secondary N) is 1. The lowest BCUT2D eigenvalue weighted by Crippen LogP contribution is -2.15. The van der Waals surface area contributed by atoms with Crippen molar-refractivity contribution in [2.24, 2.45) is 0 Å². The minimum absolute atomic E-state index is 0.149. The molecule has 0 fully saturated rings. The van der Waals surface area contributed by atoms with Crippen molar-refractivity contribution in [2.45, 2.75) is 25.5 Å². The zero-order chi connectivity index (χ0) is 19.9. The fraction of sp³-hybridized carbons (Fsp3) is 0.250. The summed E-state index contributed by atoms with van der Waals surface area (Å²) in [6, 6.07) is 13.7. The van der Waals surface area contributed by atoms with Gasteiger partial charge in [0.25, 0.3) is 0 Å². The Morgan fingerprint density at radius 1 is 1.14 bits per heavy atom. The van der Waals surface area contributed by atoms with E-state index in [1.165, 1.54) is 17.8 Å². The van der Waals surface area contributed by atoms with Gasteiger partial charge in [-0.3, -0.25) is 4.79 Å². The smallest absolute Gasteiger partial charge is 0.234 e. The maximum Gasteiger partial charge on any atom is 0.234 e. The van der Waals surface area contributed by atoms with Gasteiger partial charge in [0.2, 0.25) is 5.91 Å². The number of anilines is 1. The molecule has 3 aromatic rings. The number of carbonyl (C=O) groups is 1. The lowest BCUT2D eigenvalue weighted by molar-refractivity contribution is -0.113. The Bertz CT molecular complexity index is 961. The van der Waals surface area contributed by atoms with Crippen molar-refractivity contribution in [1.82, 2.24) is 14.8 Å². The topological polar surface area (TPSA) is 69.0 Å². The minimum Gasteiger partial charge on any atom is -0.492 e. The lowest BCUT2D eigenvalue weighted by atomic mass is 10.2. The molecule has 0 atom stereocenters. The molecule has 1 N–H and O–H groups in total. The molecule has 1 aromatic heterocycles. The van der Waals surface area contributed by atoms with Crippen LogP contribution in [0.2, 0.25) is 0 Å². The maximum absolute atomic E-state index is 14.1. The van der Waals surface area contributed by atoms with Gasteiger partial charge in [0.05, 0.1) is 23.6 Å². The SMILES string of the molecule is CCOc1ccccc1NC(=O)CSc1nnc(-c2ccccc2F)n1CC. The molecule has 2 aromatic carbocycles. The van der Waals surface area contributed by atoms with Crippen LogP contribution >= 0.6 is 11.8 Å². The van der Waals surface area contributed by atoms with Crippen LogP contribution in [0.1, 0.15) is 13.8 Å². The summed E-state index contributed by atoms with van der Waals surface area (Å²) in [5.74, 6) is 0.685. The number of halogens is 1. The first-order valence-corrected chi connectivity index (χ1v) is 9.95. The van der Waals surface area contributed by atoms with Gasteiger partial charge in [-0.15, -0.1) is 10.2 Å². The van der Waals surface area contributed by atoms with Crippen molar-refractivity contribution < 1.29 is 13.9 Å². The number of rotatable bonds is 8. The van der Waals surface area contributed by atoms with Crippen molar-refractivity contribution in [2.75, 3.05) is 17.7 Å². The van der Waals surface area contributed by atoms with Gasteiger partial charge in [-0.2, -0.15) is 0 Å². The van der Waals surface area contributed by atoms with E-state index in [-0.39, 0.29) is 17.5 Å². The van der Waals surface area contributed by atoms with E-state index < -0.39 is 0 Å². The molecule has 0 saturated carbocycles.